The average Bonchev–Trinajstić information content (AvgIpc) is 3.21. The molecule has 2 aromatic heterocycles. The summed E-state index contributed by atoms with van der Waals surface area (Å²) < 4.78 is 7.73. The number of methoxy groups -OCH3 is 1. The normalized spacial score (nSPS) is 14.5. The number of nitrogens with one attached hydrogen (secondary N) is 1. The highest BCUT2D eigenvalue weighted by molar-refractivity contribution is 6.33. The molecule has 1 fully saturated rings. The predicted octanol–water partition coefficient (Wildman–Crippen LogP) is 3.16. The van der Waals surface area contributed by atoms with Crippen LogP contribution in [0.2, 0.25) is 5.02 Å². The predicted molar refractivity (Wildman–Crippen MR) is 129 cm³/mol. The number of aromatic amines is 1. The van der Waals surface area contributed by atoms with Crippen molar-refractivity contribution in [1.82, 2.24) is 19.3 Å². The van der Waals surface area contributed by atoms with Crippen molar-refractivity contribution >= 4 is 34.3 Å². The Labute approximate surface area is 199 Å². The van der Waals surface area contributed by atoms with Crippen LogP contribution in [0.3, 0.4) is 0 Å². The number of anilines is 1. The van der Waals surface area contributed by atoms with E-state index in [1.54, 1.807) is 24.3 Å². The number of carbonyl (C=O) groups is 1. The van der Waals surface area contributed by atoms with E-state index in [-0.39, 0.29) is 22.3 Å². The molecule has 0 unspecified atom stereocenters. The first-order valence-corrected chi connectivity index (χ1v) is 11.3. The Hall–Kier alpha value is -3.85. The van der Waals surface area contributed by atoms with Crippen LogP contribution in [0.4, 0.5) is 5.69 Å². The topological polar surface area (TPSA) is 102 Å². The van der Waals surface area contributed by atoms with E-state index >= 15 is 0 Å². The minimum atomic E-state index is -0.570. The molecule has 10 heteroatoms. The number of aromatic nitrogens is 4. The first-order valence-electron chi connectivity index (χ1n) is 10.9. The molecule has 0 atom stereocenters. The zero-order valence-electron chi connectivity index (χ0n) is 18.4. The van der Waals surface area contributed by atoms with E-state index in [0.29, 0.717) is 37.3 Å². The van der Waals surface area contributed by atoms with E-state index in [9.17, 15) is 14.4 Å². The third-order valence-electron chi connectivity index (χ3n) is 6.23. The highest BCUT2D eigenvalue weighted by Crippen LogP contribution is 2.30. The standard InChI is InChI=1S/C24H22ClN5O4/c1-34-23(32)16-6-2-4-8-18(16)30-22(31)21(25)20(14-26-30)28-12-10-15(11-13-28)29-19-9-5-3-7-17(19)27-24(29)33/h2-9,14-15H,10-13H2,1H3,(H,27,33). The minimum absolute atomic E-state index is 0.0254. The van der Waals surface area contributed by atoms with Gasteiger partial charge in [-0.15, -0.1) is 0 Å². The SMILES string of the molecule is COC(=O)c1ccccc1-n1ncc(N2CCC(n3c(=O)[nH]c4ccccc43)CC2)c(Cl)c1=O. The molecule has 1 aliphatic rings. The second kappa shape index (κ2) is 8.83. The summed E-state index contributed by atoms with van der Waals surface area (Å²) >= 11 is 6.50. The van der Waals surface area contributed by atoms with Crippen LogP contribution in [-0.4, -0.2) is 45.5 Å². The van der Waals surface area contributed by atoms with Crippen LogP contribution < -0.4 is 16.1 Å². The number of para-hydroxylation sites is 3. The lowest BCUT2D eigenvalue weighted by Crippen LogP contribution is -2.38. The molecule has 0 saturated carbocycles. The summed E-state index contributed by atoms with van der Waals surface area (Å²) in [6.07, 6.45) is 2.97. The number of benzene rings is 2. The van der Waals surface area contributed by atoms with Gasteiger partial charge in [0.15, 0.2) is 0 Å². The second-order valence-electron chi connectivity index (χ2n) is 8.11. The molecule has 9 nitrogen and oxygen atoms in total. The Bertz CT molecular complexity index is 1500. The van der Waals surface area contributed by atoms with Gasteiger partial charge in [0.25, 0.3) is 5.56 Å². The molecule has 0 bridgehead atoms. The smallest absolute Gasteiger partial charge is 0.340 e. The second-order valence-corrected chi connectivity index (χ2v) is 8.48. The Morgan fingerprint density at radius 2 is 1.76 bits per heavy atom. The number of ether oxygens (including phenoxy) is 1. The van der Waals surface area contributed by atoms with Crippen molar-refractivity contribution < 1.29 is 9.53 Å². The molecule has 0 amide bonds. The maximum absolute atomic E-state index is 13.1. The van der Waals surface area contributed by atoms with Gasteiger partial charge in [-0.1, -0.05) is 35.9 Å². The summed E-state index contributed by atoms with van der Waals surface area (Å²) in [6, 6.07) is 14.2. The molecule has 0 radical (unpaired) electrons. The fraction of sp³-hybridized carbons (Fsp3) is 0.250. The summed E-state index contributed by atoms with van der Waals surface area (Å²) in [6.45, 7) is 1.22. The van der Waals surface area contributed by atoms with Crippen molar-refractivity contribution in [2.24, 2.45) is 0 Å². The number of rotatable bonds is 4. The number of piperidine rings is 1. The minimum Gasteiger partial charge on any atom is -0.465 e. The van der Waals surface area contributed by atoms with Gasteiger partial charge in [0.2, 0.25) is 0 Å². The fourth-order valence-corrected chi connectivity index (χ4v) is 4.81. The lowest BCUT2D eigenvalue weighted by molar-refractivity contribution is 0.0600. The number of hydrogen-bond acceptors (Lipinski definition) is 6. The molecule has 0 spiro atoms. The lowest BCUT2D eigenvalue weighted by atomic mass is 10.0. The quantitative estimate of drug-likeness (QED) is 0.451. The van der Waals surface area contributed by atoms with Crippen molar-refractivity contribution in [3.8, 4) is 5.69 Å². The van der Waals surface area contributed by atoms with Crippen molar-refractivity contribution in [1.29, 1.82) is 0 Å². The molecule has 2 aromatic carbocycles. The van der Waals surface area contributed by atoms with Crippen LogP contribution in [0.25, 0.3) is 16.7 Å². The molecular weight excluding hydrogens is 458 g/mol. The molecule has 0 aliphatic carbocycles. The fourth-order valence-electron chi connectivity index (χ4n) is 4.56. The van der Waals surface area contributed by atoms with Gasteiger partial charge in [0.05, 0.1) is 41.3 Å². The molecule has 1 N–H and O–H groups in total. The van der Waals surface area contributed by atoms with E-state index in [1.807, 2.05) is 33.7 Å². The Morgan fingerprint density at radius 1 is 1.06 bits per heavy atom. The van der Waals surface area contributed by atoms with Crippen molar-refractivity contribution in [2.45, 2.75) is 18.9 Å². The number of H-pyrrole nitrogens is 1. The van der Waals surface area contributed by atoms with Gasteiger partial charge in [-0.25, -0.2) is 9.59 Å². The van der Waals surface area contributed by atoms with Gasteiger partial charge < -0.3 is 14.6 Å². The number of hydrogen-bond donors (Lipinski definition) is 1. The van der Waals surface area contributed by atoms with Crippen LogP contribution in [0.1, 0.15) is 29.2 Å². The van der Waals surface area contributed by atoms with Crippen molar-refractivity contribution in [2.75, 3.05) is 25.1 Å². The van der Waals surface area contributed by atoms with Crippen LogP contribution in [0, 0.1) is 0 Å². The Morgan fingerprint density at radius 3 is 2.53 bits per heavy atom. The summed E-state index contributed by atoms with van der Waals surface area (Å²) in [4.78, 5) is 42.7. The third kappa shape index (κ3) is 3.67. The molecule has 174 valence electrons. The third-order valence-corrected chi connectivity index (χ3v) is 6.59. The van der Waals surface area contributed by atoms with Crippen LogP contribution >= 0.6 is 11.6 Å². The number of halogens is 1. The number of nitrogens with zero attached hydrogens (tertiary/aromatic N) is 4. The summed E-state index contributed by atoms with van der Waals surface area (Å²) in [5.41, 5.74) is 2.11. The van der Waals surface area contributed by atoms with Gasteiger partial charge >= 0.3 is 11.7 Å². The van der Waals surface area contributed by atoms with Crippen LogP contribution in [0.5, 0.6) is 0 Å². The average molecular weight is 480 g/mol. The zero-order valence-corrected chi connectivity index (χ0v) is 19.2. The van der Waals surface area contributed by atoms with Crippen LogP contribution in [0.15, 0.2) is 64.3 Å². The van der Waals surface area contributed by atoms with E-state index in [2.05, 4.69) is 10.1 Å². The maximum atomic E-state index is 13.1. The number of imidazole rings is 1. The molecule has 1 aliphatic heterocycles. The zero-order chi connectivity index (χ0) is 23.8. The Kier molecular flexibility index (Phi) is 5.70. The number of esters is 1. The highest BCUT2D eigenvalue weighted by atomic mass is 35.5. The highest BCUT2D eigenvalue weighted by Gasteiger charge is 2.26. The summed E-state index contributed by atoms with van der Waals surface area (Å²) in [5, 5.41) is 4.32. The van der Waals surface area contributed by atoms with E-state index in [0.717, 1.165) is 15.7 Å². The van der Waals surface area contributed by atoms with Gasteiger partial charge in [-0.05, 0) is 37.1 Å². The van der Waals surface area contributed by atoms with Gasteiger partial charge in [-0.2, -0.15) is 9.78 Å². The van der Waals surface area contributed by atoms with E-state index in [4.69, 9.17) is 16.3 Å². The van der Waals surface area contributed by atoms with Gasteiger partial charge in [0, 0.05) is 19.1 Å². The molecule has 1 saturated heterocycles. The Balaban J connectivity index is 1.41. The number of fused-ring (bicyclic) bond motifs is 1. The monoisotopic (exact) mass is 479 g/mol. The number of carbonyl (C=O) groups excluding carboxylic acids is 1. The molecule has 5 rings (SSSR count). The first kappa shape index (κ1) is 22.0. The van der Waals surface area contributed by atoms with E-state index in [1.165, 1.54) is 13.3 Å². The molecule has 34 heavy (non-hydrogen) atoms. The summed E-state index contributed by atoms with van der Waals surface area (Å²) in [7, 11) is 1.28. The van der Waals surface area contributed by atoms with Crippen molar-refractivity contribution in [3.05, 3.63) is 86.2 Å². The molecular formula is C24H22ClN5O4. The largest absolute Gasteiger partial charge is 0.465 e. The van der Waals surface area contributed by atoms with Crippen LogP contribution in [-0.2, 0) is 4.74 Å². The molecule has 4 aromatic rings. The lowest BCUT2D eigenvalue weighted by Gasteiger charge is -2.34. The van der Waals surface area contributed by atoms with E-state index < -0.39 is 11.5 Å². The molecule has 3 heterocycles. The van der Waals surface area contributed by atoms with Gasteiger partial charge in [-0.3, -0.25) is 9.36 Å². The van der Waals surface area contributed by atoms with Gasteiger partial charge in [0.1, 0.15) is 5.02 Å². The maximum Gasteiger partial charge on any atom is 0.340 e. The first-order chi connectivity index (χ1) is 16.5. The summed E-state index contributed by atoms with van der Waals surface area (Å²) in [5.74, 6) is -0.570. The van der Waals surface area contributed by atoms with Crippen molar-refractivity contribution in [3.63, 3.8) is 0 Å².